The number of carbonyl (C=O) groups is 1. The van der Waals surface area contributed by atoms with Crippen LogP contribution in [0.5, 0.6) is 11.5 Å². The van der Waals surface area contributed by atoms with Crippen LogP contribution in [0.2, 0.25) is 0 Å². The van der Waals surface area contributed by atoms with E-state index in [0.29, 0.717) is 11.7 Å². The van der Waals surface area contributed by atoms with E-state index in [0.717, 1.165) is 35.4 Å². The summed E-state index contributed by atoms with van der Waals surface area (Å²) in [6.45, 7) is 7.24. The summed E-state index contributed by atoms with van der Waals surface area (Å²) in [6, 6.07) is 13.5. The Hall–Kier alpha value is -2.01. The highest BCUT2D eigenvalue weighted by atomic mass is 79.9. The van der Waals surface area contributed by atoms with E-state index in [4.69, 9.17) is 9.47 Å². The van der Waals surface area contributed by atoms with E-state index in [1.165, 1.54) is 24.8 Å². The number of carbonyl (C=O) groups excluding carboxylic acids is 1. The number of anilines is 1. The number of hydrogen-bond donors (Lipinski definition) is 1. The van der Waals surface area contributed by atoms with E-state index < -0.39 is 0 Å². The van der Waals surface area contributed by atoms with Gasteiger partial charge in [0.05, 0.1) is 11.1 Å². The third-order valence-electron chi connectivity index (χ3n) is 4.90. The first-order chi connectivity index (χ1) is 14.0. The molecule has 29 heavy (non-hydrogen) atoms. The molecule has 2 aromatic carbocycles. The summed E-state index contributed by atoms with van der Waals surface area (Å²) in [7, 11) is 0. The standard InChI is InChI=1S/C24H32BrNO3/c1-4-6-7-8-15-28-21-12-10-20(11-13-21)26-24(27)17-29-23-14-9-19(16-22(23)25)18(3)5-2/h9-14,16,18H,4-8,15,17H2,1-3H3,(H,26,27). The van der Waals surface area contributed by atoms with Crippen LogP contribution in [0.4, 0.5) is 5.69 Å². The number of nitrogens with one attached hydrogen (secondary N) is 1. The lowest BCUT2D eigenvalue weighted by molar-refractivity contribution is -0.118. The van der Waals surface area contributed by atoms with Gasteiger partial charge in [-0.25, -0.2) is 0 Å². The predicted octanol–water partition coefficient (Wildman–Crippen LogP) is 6.94. The smallest absolute Gasteiger partial charge is 0.262 e. The Bertz CT molecular complexity index is 761. The number of unbranched alkanes of at least 4 members (excludes halogenated alkanes) is 3. The van der Waals surface area contributed by atoms with Crippen LogP contribution < -0.4 is 14.8 Å². The van der Waals surface area contributed by atoms with Gasteiger partial charge in [0.25, 0.3) is 5.91 Å². The molecule has 0 aromatic heterocycles. The lowest BCUT2D eigenvalue weighted by Gasteiger charge is -2.13. The number of rotatable bonds is 12. The maximum atomic E-state index is 12.2. The van der Waals surface area contributed by atoms with Crippen LogP contribution in [0.3, 0.4) is 0 Å². The Morgan fingerprint density at radius 1 is 1.03 bits per heavy atom. The molecule has 2 aromatic rings. The topological polar surface area (TPSA) is 47.6 Å². The molecule has 1 N–H and O–H groups in total. The van der Waals surface area contributed by atoms with Crippen LogP contribution in [-0.2, 0) is 4.79 Å². The van der Waals surface area contributed by atoms with Crippen molar-refractivity contribution in [1.29, 1.82) is 0 Å². The predicted molar refractivity (Wildman–Crippen MR) is 123 cm³/mol. The SMILES string of the molecule is CCCCCCOc1ccc(NC(=O)COc2ccc(C(C)CC)cc2Br)cc1. The average molecular weight is 462 g/mol. The second kappa shape index (κ2) is 12.5. The monoisotopic (exact) mass is 461 g/mol. The molecule has 0 radical (unpaired) electrons. The van der Waals surface area contributed by atoms with E-state index in [1.807, 2.05) is 36.4 Å². The van der Waals surface area contributed by atoms with E-state index in [-0.39, 0.29) is 12.5 Å². The number of benzene rings is 2. The first kappa shape index (κ1) is 23.3. The summed E-state index contributed by atoms with van der Waals surface area (Å²) in [5, 5.41) is 2.85. The van der Waals surface area contributed by atoms with E-state index >= 15 is 0 Å². The second-order valence-corrected chi connectivity index (χ2v) is 8.12. The van der Waals surface area contributed by atoms with Crippen molar-refractivity contribution in [1.82, 2.24) is 0 Å². The van der Waals surface area contributed by atoms with Crippen LogP contribution in [0.15, 0.2) is 46.9 Å². The van der Waals surface area contributed by atoms with Crippen LogP contribution in [0, 0.1) is 0 Å². The molecule has 1 unspecified atom stereocenters. The maximum Gasteiger partial charge on any atom is 0.262 e. The summed E-state index contributed by atoms with van der Waals surface area (Å²) < 4.78 is 12.3. The van der Waals surface area contributed by atoms with E-state index in [1.54, 1.807) is 0 Å². The van der Waals surface area contributed by atoms with E-state index in [2.05, 4.69) is 48.1 Å². The summed E-state index contributed by atoms with van der Waals surface area (Å²) in [4.78, 5) is 12.2. The van der Waals surface area contributed by atoms with Gasteiger partial charge in [0, 0.05) is 5.69 Å². The number of ether oxygens (including phenoxy) is 2. The molecule has 0 saturated heterocycles. The fourth-order valence-corrected chi connectivity index (χ4v) is 3.38. The molecule has 0 saturated carbocycles. The minimum atomic E-state index is -0.198. The molecule has 0 bridgehead atoms. The highest BCUT2D eigenvalue weighted by Gasteiger charge is 2.09. The van der Waals surface area contributed by atoms with Crippen LogP contribution >= 0.6 is 15.9 Å². The Morgan fingerprint density at radius 3 is 2.45 bits per heavy atom. The Labute approximate surface area is 183 Å². The third kappa shape index (κ3) is 8.09. The third-order valence-corrected chi connectivity index (χ3v) is 5.52. The highest BCUT2D eigenvalue weighted by molar-refractivity contribution is 9.10. The van der Waals surface area contributed by atoms with Gasteiger partial charge >= 0.3 is 0 Å². The molecule has 0 heterocycles. The van der Waals surface area contributed by atoms with Crippen molar-refractivity contribution in [2.75, 3.05) is 18.5 Å². The maximum absolute atomic E-state index is 12.2. The molecular formula is C24H32BrNO3. The van der Waals surface area contributed by atoms with Crippen molar-refractivity contribution in [3.63, 3.8) is 0 Å². The second-order valence-electron chi connectivity index (χ2n) is 7.27. The van der Waals surface area contributed by atoms with Crippen LogP contribution in [0.1, 0.15) is 64.4 Å². The number of amides is 1. The number of halogens is 1. The summed E-state index contributed by atoms with van der Waals surface area (Å²) in [5.74, 6) is 1.78. The van der Waals surface area contributed by atoms with Gasteiger partial charge in [0.1, 0.15) is 11.5 Å². The van der Waals surface area contributed by atoms with Crippen molar-refractivity contribution in [2.24, 2.45) is 0 Å². The summed E-state index contributed by atoms with van der Waals surface area (Å²) in [5.41, 5.74) is 1.98. The normalized spacial score (nSPS) is 11.7. The Kier molecular flexibility index (Phi) is 10.1. The molecule has 5 heteroatoms. The van der Waals surface area contributed by atoms with Gasteiger partial charge < -0.3 is 14.8 Å². The first-order valence-electron chi connectivity index (χ1n) is 10.5. The fraction of sp³-hybridized carbons (Fsp3) is 0.458. The first-order valence-corrected chi connectivity index (χ1v) is 11.3. The lowest BCUT2D eigenvalue weighted by Crippen LogP contribution is -2.20. The van der Waals surface area contributed by atoms with Crippen molar-refractivity contribution >= 4 is 27.5 Å². The van der Waals surface area contributed by atoms with Gasteiger partial charge in [-0.3, -0.25) is 4.79 Å². The lowest BCUT2D eigenvalue weighted by atomic mass is 9.99. The average Bonchev–Trinajstić information content (AvgIpc) is 2.73. The fourth-order valence-electron chi connectivity index (χ4n) is 2.87. The van der Waals surface area contributed by atoms with Crippen molar-refractivity contribution in [2.45, 2.75) is 58.8 Å². The molecule has 0 aliphatic heterocycles. The van der Waals surface area contributed by atoms with Gasteiger partial charge in [-0.05, 0) is 76.7 Å². The molecule has 158 valence electrons. The Balaban J connectivity index is 1.77. The molecule has 1 amide bonds. The molecule has 0 aliphatic carbocycles. The van der Waals surface area contributed by atoms with Crippen LogP contribution in [0.25, 0.3) is 0 Å². The molecular weight excluding hydrogens is 430 g/mol. The van der Waals surface area contributed by atoms with Crippen molar-refractivity contribution < 1.29 is 14.3 Å². The Morgan fingerprint density at radius 2 is 1.79 bits per heavy atom. The van der Waals surface area contributed by atoms with Crippen molar-refractivity contribution in [3.8, 4) is 11.5 Å². The molecule has 2 rings (SSSR count). The minimum absolute atomic E-state index is 0.0447. The van der Waals surface area contributed by atoms with E-state index in [9.17, 15) is 4.79 Å². The highest BCUT2D eigenvalue weighted by Crippen LogP contribution is 2.30. The number of hydrogen-bond acceptors (Lipinski definition) is 3. The quantitative estimate of drug-likeness (QED) is 0.348. The largest absolute Gasteiger partial charge is 0.494 e. The molecule has 0 spiro atoms. The zero-order chi connectivity index (χ0) is 21.1. The van der Waals surface area contributed by atoms with Gasteiger partial charge in [-0.2, -0.15) is 0 Å². The van der Waals surface area contributed by atoms with Crippen molar-refractivity contribution in [3.05, 3.63) is 52.5 Å². The zero-order valence-electron chi connectivity index (χ0n) is 17.7. The van der Waals surface area contributed by atoms with Crippen LogP contribution in [-0.4, -0.2) is 19.1 Å². The molecule has 1 atom stereocenters. The van der Waals surface area contributed by atoms with Gasteiger partial charge in [0.15, 0.2) is 6.61 Å². The summed E-state index contributed by atoms with van der Waals surface area (Å²) in [6.07, 6.45) is 5.81. The van der Waals surface area contributed by atoms with Gasteiger partial charge in [-0.15, -0.1) is 0 Å². The molecule has 4 nitrogen and oxygen atoms in total. The minimum Gasteiger partial charge on any atom is -0.494 e. The molecule has 0 aliphatic rings. The van der Waals surface area contributed by atoms with Gasteiger partial charge in [-0.1, -0.05) is 46.1 Å². The summed E-state index contributed by atoms with van der Waals surface area (Å²) >= 11 is 3.53. The zero-order valence-corrected chi connectivity index (χ0v) is 19.3. The molecule has 0 fully saturated rings. The van der Waals surface area contributed by atoms with Gasteiger partial charge in [0.2, 0.25) is 0 Å².